The molecule has 162 valence electrons. The zero-order chi connectivity index (χ0) is 22.0. The first-order valence-electron chi connectivity index (χ1n) is 10.3. The molecule has 0 aromatic heterocycles. The standard InChI is InChI=1S/C24H26F2N4O/c1-16(27-3)15-28-22-11-6-17(14-21(22)26)13-18-5-4-12-30-23(18)29-31-24(30,2)19-7-9-20(25)10-8-19/h6-11,13-15,27-28H,4-5,12H2,1-3H3/b16-15-,18-13+. The molecule has 0 aliphatic carbocycles. The van der Waals surface area contributed by atoms with E-state index < -0.39 is 5.72 Å². The molecule has 2 heterocycles. The maximum atomic E-state index is 14.6. The van der Waals surface area contributed by atoms with Gasteiger partial charge in [-0.2, -0.15) is 0 Å². The molecule has 2 aromatic carbocycles. The van der Waals surface area contributed by atoms with Gasteiger partial charge in [-0.15, -0.1) is 0 Å². The summed E-state index contributed by atoms with van der Waals surface area (Å²) in [5.74, 6) is 0.124. The number of hydrogen-bond donors (Lipinski definition) is 2. The number of rotatable bonds is 5. The van der Waals surface area contributed by atoms with E-state index in [1.54, 1.807) is 24.4 Å². The predicted octanol–water partition coefficient (Wildman–Crippen LogP) is 5.15. The van der Waals surface area contributed by atoms with Crippen molar-refractivity contribution < 1.29 is 13.6 Å². The van der Waals surface area contributed by atoms with E-state index >= 15 is 0 Å². The molecule has 31 heavy (non-hydrogen) atoms. The van der Waals surface area contributed by atoms with Crippen LogP contribution >= 0.6 is 0 Å². The Bertz CT molecular complexity index is 1060. The van der Waals surface area contributed by atoms with Crippen LogP contribution in [-0.2, 0) is 10.6 Å². The number of allylic oxidation sites excluding steroid dienone is 1. The smallest absolute Gasteiger partial charge is 0.234 e. The average Bonchev–Trinajstić information content (AvgIpc) is 3.12. The normalized spacial score (nSPS) is 22.1. The number of hydrogen-bond acceptors (Lipinski definition) is 5. The number of piperidine rings is 1. The Labute approximate surface area is 181 Å². The van der Waals surface area contributed by atoms with E-state index in [0.29, 0.717) is 5.69 Å². The van der Waals surface area contributed by atoms with Crippen LogP contribution in [0.4, 0.5) is 14.5 Å². The lowest BCUT2D eigenvalue weighted by Crippen LogP contribution is -2.46. The van der Waals surface area contributed by atoms with Gasteiger partial charge in [0, 0.05) is 38.0 Å². The second kappa shape index (κ2) is 8.41. The molecule has 0 saturated carbocycles. The second-order valence-electron chi connectivity index (χ2n) is 7.88. The van der Waals surface area contributed by atoms with Gasteiger partial charge in [0.25, 0.3) is 0 Å². The van der Waals surface area contributed by atoms with Gasteiger partial charge in [0.2, 0.25) is 5.72 Å². The molecular weight excluding hydrogens is 398 g/mol. The average molecular weight is 424 g/mol. The zero-order valence-electron chi connectivity index (χ0n) is 17.9. The number of nitrogens with zero attached hydrogens (tertiary/aromatic N) is 2. The number of fused-ring (bicyclic) bond motifs is 1. The van der Waals surface area contributed by atoms with Gasteiger partial charge >= 0.3 is 0 Å². The Morgan fingerprint density at radius 1 is 1.19 bits per heavy atom. The summed E-state index contributed by atoms with van der Waals surface area (Å²) in [4.78, 5) is 7.93. The Hall–Kier alpha value is -3.35. The van der Waals surface area contributed by atoms with Crippen LogP contribution in [0.3, 0.4) is 0 Å². The molecule has 7 heteroatoms. The Kier molecular flexibility index (Phi) is 5.67. The third-order valence-electron chi connectivity index (χ3n) is 5.75. The molecule has 4 rings (SSSR count). The van der Waals surface area contributed by atoms with Crippen LogP contribution < -0.4 is 10.6 Å². The van der Waals surface area contributed by atoms with Gasteiger partial charge in [-0.1, -0.05) is 23.4 Å². The van der Waals surface area contributed by atoms with Crippen molar-refractivity contribution in [3.05, 3.63) is 82.7 Å². The molecule has 0 amide bonds. The number of oxime groups is 1. The maximum Gasteiger partial charge on any atom is 0.234 e. The van der Waals surface area contributed by atoms with E-state index in [0.717, 1.165) is 47.6 Å². The molecule has 1 saturated heterocycles. The molecule has 2 aliphatic rings. The molecule has 2 N–H and O–H groups in total. The summed E-state index contributed by atoms with van der Waals surface area (Å²) in [6, 6.07) is 11.4. The topological polar surface area (TPSA) is 48.9 Å². The number of amidine groups is 1. The quantitative estimate of drug-likeness (QED) is 0.697. The molecular formula is C24H26F2N4O. The van der Waals surface area contributed by atoms with Gasteiger partial charge in [-0.25, -0.2) is 8.78 Å². The summed E-state index contributed by atoms with van der Waals surface area (Å²) in [5.41, 5.74) is 3.10. The van der Waals surface area contributed by atoms with Crippen LogP contribution in [0.5, 0.6) is 0 Å². The number of benzene rings is 2. The molecule has 0 radical (unpaired) electrons. The lowest BCUT2D eigenvalue weighted by atomic mass is 9.95. The van der Waals surface area contributed by atoms with Gasteiger partial charge < -0.3 is 20.4 Å². The van der Waals surface area contributed by atoms with E-state index in [1.807, 2.05) is 33.0 Å². The minimum Gasteiger partial charge on any atom is -0.390 e. The van der Waals surface area contributed by atoms with E-state index in [-0.39, 0.29) is 11.6 Å². The SMILES string of the molecule is CN/C(C)=C\Nc1ccc(/C=C2\CCCN3C2=NOC3(C)c2ccc(F)cc2)cc1F. The van der Waals surface area contributed by atoms with Crippen LogP contribution in [0, 0.1) is 11.6 Å². The van der Waals surface area contributed by atoms with Crippen molar-refractivity contribution in [2.45, 2.75) is 32.4 Å². The summed E-state index contributed by atoms with van der Waals surface area (Å²) >= 11 is 0. The Morgan fingerprint density at radius 2 is 1.97 bits per heavy atom. The molecule has 1 fully saturated rings. The van der Waals surface area contributed by atoms with Gasteiger partial charge in [0.05, 0.1) is 5.69 Å². The second-order valence-corrected chi connectivity index (χ2v) is 7.88. The molecule has 1 unspecified atom stereocenters. The fourth-order valence-electron chi connectivity index (χ4n) is 3.83. The van der Waals surface area contributed by atoms with E-state index in [1.165, 1.54) is 18.2 Å². The van der Waals surface area contributed by atoms with Gasteiger partial charge in [-0.05, 0) is 61.2 Å². The molecule has 1 atom stereocenters. The highest BCUT2D eigenvalue weighted by molar-refractivity contribution is 6.03. The van der Waals surface area contributed by atoms with Crippen molar-refractivity contribution in [1.29, 1.82) is 0 Å². The van der Waals surface area contributed by atoms with E-state index in [9.17, 15) is 8.78 Å². The van der Waals surface area contributed by atoms with Crippen LogP contribution in [0.15, 0.2) is 65.1 Å². The first-order valence-corrected chi connectivity index (χ1v) is 10.3. The molecule has 0 spiro atoms. The molecule has 2 aliphatic heterocycles. The van der Waals surface area contributed by atoms with Gasteiger partial charge in [-0.3, -0.25) is 0 Å². The minimum atomic E-state index is -0.793. The maximum absolute atomic E-state index is 14.6. The van der Waals surface area contributed by atoms with E-state index in [4.69, 9.17) is 4.84 Å². The molecule has 2 aromatic rings. The van der Waals surface area contributed by atoms with Crippen LogP contribution in [0.1, 0.15) is 37.8 Å². The van der Waals surface area contributed by atoms with Gasteiger partial charge in [0.15, 0.2) is 5.84 Å². The summed E-state index contributed by atoms with van der Waals surface area (Å²) < 4.78 is 27.9. The monoisotopic (exact) mass is 424 g/mol. The highest BCUT2D eigenvalue weighted by Gasteiger charge is 2.45. The predicted molar refractivity (Wildman–Crippen MR) is 119 cm³/mol. The van der Waals surface area contributed by atoms with E-state index in [2.05, 4.69) is 20.7 Å². The third kappa shape index (κ3) is 4.13. The van der Waals surface area contributed by atoms with Gasteiger partial charge in [0.1, 0.15) is 11.6 Å². The fraction of sp³-hybridized carbons (Fsp3) is 0.292. The van der Waals surface area contributed by atoms with Crippen molar-refractivity contribution in [2.24, 2.45) is 5.16 Å². The first kappa shape index (κ1) is 20.9. The number of anilines is 1. The van der Waals surface area contributed by atoms with Crippen LogP contribution in [-0.4, -0.2) is 24.3 Å². The summed E-state index contributed by atoms with van der Waals surface area (Å²) in [6.45, 7) is 4.60. The fourth-order valence-corrected chi connectivity index (χ4v) is 3.83. The number of nitrogens with one attached hydrogen (secondary N) is 2. The first-order chi connectivity index (χ1) is 14.9. The highest BCUT2D eigenvalue weighted by Crippen LogP contribution is 2.40. The van der Waals surface area contributed by atoms with Crippen molar-refractivity contribution in [3.63, 3.8) is 0 Å². The number of halogens is 2. The lowest BCUT2D eigenvalue weighted by molar-refractivity contribution is -0.0913. The lowest BCUT2D eigenvalue weighted by Gasteiger charge is -2.37. The summed E-state index contributed by atoms with van der Waals surface area (Å²) in [6.07, 6.45) is 5.41. The van der Waals surface area contributed by atoms with Crippen molar-refractivity contribution in [1.82, 2.24) is 10.2 Å². The van der Waals surface area contributed by atoms with Crippen LogP contribution in [0.2, 0.25) is 0 Å². The van der Waals surface area contributed by atoms with Crippen LogP contribution in [0.25, 0.3) is 6.08 Å². The largest absolute Gasteiger partial charge is 0.390 e. The van der Waals surface area contributed by atoms with Crippen molar-refractivity contribution in [3.8, 4) is 0 Å². The minimum absolute atomic E-state index is 0.290. The van der Waals surface area contributed by atoms with Crippen molar-refractivity contribution in [2.75, 3.05) is 18.9 Å². The highest BCUT2D eigenvalue weighted by atomic mass is 19.1. The summed E-state index contributed by atoms with van der Waals surface area (Å²) in [5, 5.41) is 10.3. The third-order valence-corrected chi connectivity index (χ3v) is 5.75. The zero-order valence-corrected chi connectivity index (χ0v) is 17.9. The van der Waals surface area contributed by atoms with Crippen molar-refractivity contribution >= 4 is 17.6 Å². The Morgan fingerprint density at radius 3 is 2.68 bits per heavy atom. The Balaban J connectivity index is 1.57. The molecule has 0 bridgehead atoms. The summed E-state index contributed by atoms with van der Waals surface area (Å²) in [7, 11) is 1.81. The molecule has 5 nitrogen and oxygen atoms in total.